The minimum atomic E-state index is -4.15. The summed E-state index contributed by atoms with van der Waals surface area (Å²) in [6.45, 7) is 4.61. The average Bonchev–Trinajstić information content (AvgIpc) is 2.89. The summed E-state index contributed by atoms with van der Waals surface area (Å²) in [5.74, 6) is 0.566. The zero-order valence-electron chi connectivity index (χ0n) is 12.0. The first-order valence-electron chi connectivity index (χ1n) is 7.74. The van der Waals surface area contributed by atoms with Crippen LogP contribution in [0.2, 0.25) is 0 Å². The summed E-state index contributed by atoms with van der Waals surface area (Å²) in [5, 5.41) is 0. The van der Waals surface area contributed by atoms with Crippen molar-refractivity contribution in [1.29, 1.82) is 0 Å². The average molecular weight is 293 g/mol. The van der Waals surface area contributed by atoms with Crippen LogP contribution in [0.5, 0.6) is 0 Å². The standard InChI is InChI=1S/C14H26F3N3/c15-14(16,17)13(3-6-18)20-9-4-12(5-10-20)11-19-7-1-2-8-19/h12-13H,1-11,18H2. The van der Waals surface area contributed by atoms with E-state index in [1.54, 1.807) is 4.90 Å². The molecule has 0 saturated carbocycles. The van der Waals surface area contributed by atoms with Crippen molar-refractivity contribution in [3.63, 3.8) is 0 Å². The molecular weight excluding hydrogens is 267 g/mol. The maximum atomic E-state index is 13.0. The van der Waals surface area contributed by atoms with Crippen LogP contribution in [0, 0.1) is 5.92 Å². The summed E-state index contributed by atoms with van der Waals surface area (Å²) in [6.07, 6.45) is 0.166. The second-order valence-electron chi connectivity index (χ2n) is 6.12. The lowest BCUT2D eigenvalue weighted by atomic mass is 9.94. The molecule has 0 aromatic carbocycles. The van der Waals surface area contributed by atoms with Crippen LogP contribution in [-0.4, -0.2) is 61.3 Å². The van der Waals surface area contributed by atoms with Crippen LogP contribution in [0.15, 0.2) is 0 Å². The van der Waals surface area contributed by atoms with Gasteiger partial charge in [0.2, 0.25) is 0 Å². The highest BCUT2D eigenvalue weighted by atomic mass is 19.4. The molecule has 0 aliphatic carbocycles. The van der Waals surface area contributed by atoms with Crippen molar-refractivity contribution in [2.75, 3.05) is 39.3 Å². The van der Waals surface area contributed by atoms with E-state index < -0.39 is 12.2 Å². The third-order valence-corrected chi connectivity index (χ3v) is 4.62. The van der Waals surface area contributed by atoms with Crippen molar-refractivity contribution in [2.45, 2.75) is 44.3 Å². The maximum Gasteiger partial charge on any atom is 0.404 e. The molecule has 0 aromatic rings. The highest BCUT2D eigenvalue weighted by Gasteiger charge is 2.43. The van der Waals surface area contributed by atoms with Crippen molar-refractivity contribution in [2.24, 2.45) is 11.7 Å². The van der Waals surface area contributed by atoms with Gasteiger partial charge in [-0.3, -0.25) is 4.90 Å². The first-order chi connectivity index (χ1) is 9.50. The van der Waals surface area contributed by atoms with Crippen LogP contribution in [0.1, 0.15) is 32.1 Å². The van der Waals surface area contributed by atoms with E-state index in [1.165, 1.54) is 25.9 Å². The van der Waals surface area contributed by atoms with Gasteiger partial charge in [0.1, 0.15) is 6.04 Å². The number of nitrogens with zero attached hydrogens (tertiary/aromatic N) is 2. The van der Waals surface area contributed by atoms with Crippen LogP contribution >= 0.6 is 0 Å². The fourth-order valence-electron chi connectivity index (χ4n) is 3.49. The molecule has 2 fully saturated rings. The lowest BCUT2D eigenvalue weighted by Crippen LogP contribution is -2.50. The zero-order chi connectivity index (χ0) is 14.6. The van der Waals surface area contributed by atoms with E-state index in [2.05, 4.69) is 4.90 Å². The first kappa shape index (κ1) is 16.0. The van der Waals surface area contributed by atoms with Gasteiger partial charge in [0.15, 0.2) is 0 Å². The fraction of sp³-hybridized carbons (Fsp3) is 1.00. The van der Waals surface area contributed by atoms with E-state index in [1.807, 2.05) is 0 Å². The molecule has 2 aliphatic rings. The van der Waals surface area contributed by atoms with Crippen LogP contribution in [-0.2, 0) is 0 Å². The highest BCUT2D eigenvalue weighted by molar-refractivity contribution is 4.84. The van der Waals surface area contributed by atoms with Gasteiger partial charge < -0.3 is 10.6 Å². The van der Waals surface area contributed by atoms with Crippen molar-refractivity contribution in [1.82, 2.24) is 9.80 Å². The topological polar surface area (TPSA) is 32.5 Å². The Morgan fingerprint density at radius 2 is 1.65 bits per heavy atom. The molecule has 6 heteroatoms. The normalized spacial score (nSPS) is 25.2. The van der Waals surface area contributed by atoms with Gasteiger partial charge in [-0.2, -0.15) is 13.2 Å². The number of hydrogen-bond donors (Lipinski definition) is 1. The van der Waals surface area contributed by atoms with Crippen LogP contribution in [0.3, 0.4) is 0 Å². The molecule has 2 N–H and O–H groups in total. The molecule has 2 aliphatic heterocycles. The molecule has 2 heterocycles. The van der Waals surface area contributed by atoms with E-state index in [9.17, 15) is 13.2 Å². The number of alkyl halides is 3. The summed E-state index contributed by atoms with van der Waals surface area (Å²) in [4.78, 5) is 4.05. The lowest BCUT2D eigenvalue weighted by Gasteiger charge is -2.39. The molecule has 0 spiro atoms. The summed E-state index contributed by atoms with van der Waals surface area (Å²) >= 11 is 0. The zero-order valence-corrected chi connectivity index (χ0v) is 12.0. The van der Waals surface area contributed by atoms with Crippen molar-refractivity contribution >= 4 is 0 Å². The largest absolute Gasteiger partial charge is 0.404 e. The molecule has 118 valence electrons. The molecule has 20 heavy (non-hydrogen) atoms. The van der Waals surface area contributed by atoms with Gasteiger partial charge in [-0.1, -0.05) is 0 Å². The van der Waals surface area contributed by atoms with Gasteiger partial charge >= 0.3 is 6.18 Å². The third-order valence-electron chi connectivity index (χ3n) is 4.62. The Morgan fingerprint density at radius 1 is 1.05 bits per heavy atom. The van der Waals surface area contributed by atoms with Gasteiger partial charge in [-0.05, 0) is 70.7 Å². The number of piperidine rings is 1. The Kier molecular flexibility index (Phi) is 5.69. The van der Waals surface area contributed by atoms with Gasteiger partial charge in [-0.25, -0.2) is 0 Å². The number of rotatable bonds is 5. The van der Waals surface area contributed by atoms with Crippen LogP contribution < -0.4 is 5.73 Å². The third kappa shape index (κ3) is 4.33. The Hall–Kier alpha value is -0.330. The first-order valence-corrected chi connectivity index (χ1v) is 7.74. The van der Waals surface area contributed by atoms with Gasteiger partial charge in [-0.15, -0.1) is 0 Å². The van der Waals surface area contributed by atoms with Crippen molar-refractivity contribution < 1.29 is 13.2 Å². The Labute approximate surface area is 119 Å². The van der Waals surface area contributed by atoms with Crippen molar-refractivity contribution in [3.8, 4) is 0 Å². The Bertz CT molecular complexity index is 282. The van der Waals surface area contributed by atoms with Gasteiger partial charge in [0.05, 0.1) is 0 Å². The number of nitrogens with two attached hydrogens (primary N) is 1. The van der Waals surface area contributed by atoms with E-state index in [-0.39, 0.29) is 13.0 Å². The molecule has 2 saturated heterocycles. The smallest absolute Gasteiger partial charge is 0.330 e. The second kappa shape index (κ2) is 7.09. The SMILES string of the molecule is NCCC(N1CCC(CN2CCCC2)CC1)C(F)(F)F. The molecule has 0 radical (unpaired) electrons. The molecule has 3 nitrogen and oxygen atoms in total. The summed E-state index contributed by atoms with van der Waals surface area (Å²) < 4.78 is 39.0. The van der Waals surface area contributed by atoms with Gasteiger partial charge in [0.25, 0.3) is 0 Å². The molecule has 0 bridgehead atoms. The number of halogens is 3. The molecule has 2 rings (SSSR count). The summed E-state index contributed by atoms with van der Waals surface area (Å²) in [7, 11) is 0. The molecule has 0 aromatic heterocycles. The van der Waals surface area contributed by atoms with Crippen LogP contribution in [0.25, 0.3) is 0 Å². The predicted molar refractivity (Wildman–Crippen MR) is 73.5 cm³/mol. The number of hydrogen-bond acceptors (Lipinski definition) is 3. The number of likely N-dealkylation sites (tertiary alicyclic amines) is 2. The van der Waals surface area contributed by atoms with E-state index >= 15 is 0 Å². The van der Waals surface area contributed by atoms with Crippen molar-refractivity contribution in [3.05, 3.63) is 0 Å². The van der Waals surface area contributed by atoms with Crippen LogP contribution in [0.4, 0.5) is 13.2 Å². The minimum Gasteiger partial charge on any atom is -0.330 e. The van der Waals surface area contributed by atoms with E-state index in [0.717, 1.165) is 19.4 Å². The molecule has 0 amide bonds. The maximum absolute atomic E-state index is 13.0. The van der Waals surface area contributed by atoms with E-state index in [4.69, 9.17) is 5.73 Å². The summed E-state index contributed by atoms with van der Waals surface area (Å²) in [5.41, 5.74) is 5.34. The monoisotopic (exact) mass is 293 g/mol. The minimum absolute atomic E-state index is 0.0142. The van der Waals surface area contributed by atoms with Gasteiger partial charge in [0, 0.05) is 6.54 Å². The van der Waals surface area contributed by atoms with E-state index in [0.29, 0.717) is 19.0 Å². The highest BCUT2D eigenvalue weighted by Crippen LogP contribution is 2.30. The second-order valence-corrected chi connectivity index (χ2v) is 6.12. The Morgan fingerprint density at radius 3 is 2.15 bits per heavy atom. The lowest BCUT2D eigenvalue weighted by molar-refractivity contribution is -0.188. The predicted octanol–water partition coefficient (Wildman–Crippen LogP) is 2.07. The quantitative estimate of drug-likeness (QED) is 0.842. The fourth-order valence-corrected chi connectivity index (χ4v) is 3.49. The summed E-state index contributed by atoms with van der Waals surface area (Å²) in [6, 6.07) is -1.35. The Balaban J connectivity index is 1.79. The molecule has 1 unspecified atom stereocenters. The molecule has 1 atom stereocenters. The molecular formula is C14H26F3N3.